The summed E-state index contributed by atoms with van der Waals surface area (Å²) in [6.45, 7) is 0. The largest absolute Gasteiger partial charge is 0.357 e. The molecule has 0 saturated carbocycles. The Labute approximate surface area is 76.0 Å². The molecule has 0 aliphatic carbocycles. The number of hydrogen-bond donors (Lipinski definition) is 3. The quantitative estimate of drug-likeness (QED) is 0.382. The van der Waals surface area contributed by atoms with E-state index in [1.807, 2.05) is 0 Å². The van der Waals surface area contributed by atoms with Gasteiger partial charge in [0, 0.05) is 6.04 Å². The van der Waals surface area contributed by atoms with E-state index in [2.05, 4.69) is 17.5 Å². The smallest absolute Gasteiger partial charge is 0.190 e. The summed E-state index contributed by atoms with van der Waals surface area (Å²) in [6, 6.07) is -0.165. The van der Waals surface area contributed by atoms with E-state index in [1.165, 1.54) is 0 Å². The van der Waals surface area contributed by atoms with Gasteiger partial charge in [-0.25, -0.2) is 13.9 Å². The van der Waals surface area contributed by atoms with Gasteiger partial charge < -0.3 is 5.32 Å². The van der Waals surface area contributed by atoms with Crippen molar-refractivity contribution in [2.75, 3.05) is 11.5 Å². The van der Waals surface area contributed by atoms with Crippen LogP contribution in [0.25, 0.3) is 0 Å². The van der Waals surface area contributed by atoms with E-state index < -0.39 is 9.84 Å². The average Bonchev–Trinajstić information content (AvgIpc) is 2.30. The van der Waals surface area contributed by atoms with Crippen molar-refractivity contribution in [3.8, 4) is 0 Å². The molecule has 1 atom stereocenters. The minimum absolute atomic E-state index is 0.0668. The maximum Gasteiger partial charge on any atom is 0.190 e. The summed E-state index contributed by atoms with van der Waals surface area (Å²) in [4.78, 5) is 0. The van der Waals surface area contributed by atoms with Crippen molar-refractivity contribution in [1.82, 2.24) is 10.8 Å². The van der Waals surface area contributed by atoms with Crippen LogP contribution in [0.15, 0.2) is 0 Å². The third kappa shape index (κ3) is 2.58. The summed E-state index contributed by atoms with van der Waals surface area (Å²) < 4.78 is 21.9. The molecule has 1 rings (SSSR count). The molecule has 1 fully saturated rings. The first-order valence-corrected chi connectivity index (χ1v) is 5.67. The molecule has 1 aliphatic rings. The Morgan fingerprint density at radius 1 is 1.58 bits per heavy atom. The van der Waals surface area contributed by atoms with Gasteiger partial charge in [0.2, 0.25) is 0 Å². The number of hydroxylamine groups is 1. The fraction of sp³-hybridized carbons (Fsp3) is 0.800. The lowest BCUT2D eigenvalue weighted by molar-refractivity contribution is 0.231. The SMILES string of the molecule is O=S1(=O)CC[C@@H](NC(=S)NO)C1. The molecule has 1 saturated heterocycles. The van der Waals surface area contributed by atoms with E-state index in [0.717, 1.165) is 0 Å². The lowest BCUT2D eigenvalue weighted by Gasteiger charge is -2.10. The van der Waals surface area contributed by atoms with Crippen LogP contribution in [-0.4, -0.2) is 36.3 Å². The molecule has 12 heavy (non-hydrogen) atoms. The van der Waals surface area contributed by atoms with Gasteiger partial charge >= 0.3 is 0 Å². The maximum absolute atomic E-state index is 10.9. The molecule has 0 bridgehead atoms. The van der Waals surface area contributed by atoms with Crippen molar-refractivity contribution < 1.29 is 13.6 Å². The third-order valence-electron chi connectivity index (χ3n) is 1.67. The van der Waals surface area contributed by atoms with Crippen LogP contribution in [-0.2, 0) is 9.84 Å². The highest BCUT2D eigenvalue weighted by Crippen LogP contribution is 2.10. The fourth-order valence-corrected chi connectivity index (χ4v) is 2.97. The van der Waals surface area contributed by atoms with E-state index in [0.29, 0.717) is 6.42 Å². The van der Waals surface area contributed by atoms with Crippen molar-refractivity contribution in [3.05, 3.63) is 0 Å². The maximum atomic E-state index is 10.9. The zero-order valence-electron chi connectivity index (χ0n) is 6.28. The second-order valence-electron chi connectivity index (χ2n) is 2.69. The van der Waals surface area contributed by atoms with E-state index >= 15 is 0 Å². The minimum Gasteiger partial charge on any atom is -0.357 e. The van der Waals surface area contributed by atoms with Gasteiger partial charge in [-0.1, -0.05) is 0 Å². The predicted octanol–water partition coefficient (Wildman–Crippen LogP) is -0.973. The van der Waals surface area contributed by atoms with Crippen molar-refractivity contribution >= 4 is 27.2 Å². The lowest BCUT2D eigenvalue weighted by Crippen LogP contribution is -2.41. The molecule has 0 unspecified atom stereocenters. The highest BCUT2D eigenvalue weighted by molar-refractivity contribution is 7.91. The minimum atomic E-state index is -2.88. The van der Waals surface area contributed by atoms with Gasteiger partial charge in [-0.2, -0.15) is 0 Å². The molecule has 70 valence electrons. The molecule has 3 N–H and O–H groups in total. The van der Waals surface area contributed by atoms with Gasteiger partial charge in [-0.3, -0.25) is 5.21 Å². The summed E-state index contributed by atoms with van der Waals surface area (Å²) in [7, 11) is -2.88. The number of thiocarbonyl (C=S) groups is 1. The summed E-state index contributed by atoms with van der Waals surface area (Å²) in [5.74, 6) is 0.285. The van der Waals surface area contributed by atoms with Crippen molar-refractivity contribution in [3.63, 3.8) is 0 Å². The lowest BCUT2D eigenvalue weighted by atomic mass is 10.3. The molecule has 7 heteroatoms. The fourth-order valence-electron chi connectivity index (χ4n) is 1.13. The molecular weight excluding hydrogens is 200 g/mol. The number of sulfone groups is 1. The van der Waals surface area contributed by atoms with Gasteiger partial charge in [-0.15, -0.1) is 0 Å². The first-order valence-electron chi connectivity index (χ1n) is 3.44. The topological polar surface area (TPSA) is 78.4 Å². The van der Waals surface area contributed by atoms with Crippen LogP contribution in [0.2, 0.25) is 0 Å². The Morgan fingerprint density at radius 2 is 2.25 bits per heavy atom. The Kier molecular flexibility index (Phi) is 2.86. The number of rotatable bonds is 1. The summed E-state index contributed by atoms with van der Waals surface area (Å²) in [6.07, 6.45) is 0.546. The standard InChI is InChI=1S/C5H10N2O3S2/c8-7-5(11)6-4-1-2-12(9,10)3-4/h4,8H,1-3H2,(H2,6,7,11)/t4-/m1/s1. The van der Waals surface area contributed by atoms with Gasteiger partial charge in [0.1, 0.15) is 0 Å². The molecule has 0 radical (unpaired) electrons. The Bertz CT molecular complexity index is 274. The van der Waals surface area contributed by atoms with Crippen LogP contribution in [0.5, 0.6) is 0 Å². The molecule has 0 aromatic rings. The number of hydrogen-bond acceptors (Lipinski definition) is 4. The van der Waals surface area contributed by atoms with E-state index in [9.17, 15) is 8.42 Å². The van der Waals surface area contributed by atoms with E-state index in [4.69, 9.17) is 5.21 Å². The van der Waals surface area contributed by atoms with Crippen molar-refractivity contribution in [2.45, 2.75) is 12.5 Å². The molecule has 5 nitrogen and oxygen atoms in total. The summed E-state index contributed by atoms with van der Waals surface area (Å²) >= 11 is 4.60. The monoisotopic (exact) mass is 210 g/mol. The first kappa shape index (κ1) is 9.69. The first-order chi connectivity index (χ1) is 5.53. The third-order valence-corrected chi connectivity index (χ3v) is 3.65. The molecule has 0 aromatic carbocycles. The highest BCUT2D eigenvalue weighted by atomic mass is 32.2. The molecule has 1 aliphatic heterocycles. The van der Waals surface area contributed by atoms with Gasteiger partial charge in [0.05, 0.1) is 11.5 Å². The Hall–Kier alpha value is -0.400. The van der Waals surface area contributed by atoms with Crippen LogP contribution in [0.3, 0.4) is 0 Å². The van der Waals surface area contributed by atoms with Crippen LogP contribution >= 0.6 is 12.2 Å². The Balaban J connectivity index is 2.43. The molecule has 1 heterocycles. The summed E-state index contributed by atoms with van der Waals surface area (Å²) in [5.41, 5.74) is 1.74. The predicted molar refractivity (Wildman–Crippen MR) is 47.7 cm³/mol. The molecule has 0 spiro atoms. The summed E-state index contributed by atoms with van der Waals surface area (Å²) in [5, 5.41) is 11.1. The highest BCUT2D eigenvalue weighted by Gasteiger charge is 2.27. The van der Waals surface area contributed by atoms with Gasteiger partial charge in [0.25, 0.3) is 0 Å². The van der Waals surface area contributed by atoms with Gasteiger partial charge in [-0.05, 0) is 18.6 Å². The molecular formula is C5H10N2O3S2. The van der Waals surface area contributed by atoms with Crippen molar-refractivity contribution in [1.29, 1.82) is 0 Å². The van der Waals surface area contributed by atoms with E-state index in [1.54, 1.807) is 5.48 Å². The average molecular weight is 210 g/mol. The zero-order chi connectivity index (χ0) is 9.19. The number of nitrogens with one attached hydrogen (secondary N) is 2. The Morgan fingerprint density at radius 3 is 2.67 bits per heavy atom. The van der Waals surface area contributed by atoms with Crippen LogP contribution in [0, 0.1) is 0 Å². The van der Waals surface area contributed by atoms with Crippen LogP contribution < -0.4 is 10.8 Å². The second-order valence-corrected chi connectivity index (χ2v) is 5.32. The molecule has 0 aromatic heterocycles. The van der Waals surface area contributed by atoms with Gasteiger partial charge in [0.15, 0.2) is 14.9 Å². The van der Waals surface area contributed by atoms with Crippen LogP contribution in [0.1, 0.15) is 6.42 Å². The zero-order valence-corrected chi connectivity index (χ0v) is 7.91. The molecule has 0 amide bonds. The van der Waals surface area contributed by atoms with E-state index in [-0.39, 0.29) is 22.7 Å². The van der Waals surface area contributed by atoms with Crippen LogP contribution in [0.4, 0.5) is 0 Å². The normalized spacial score (nSPS) is 26.6. The second kappa shape index (κ2) is 3.55. The van der Waals surface area contributed by atoms with Crippen molar-refractivity contribution in [2.24, 2.45) is 0 Å².